The van der Waals surface area contributed by atoms with E-state index in [1.165, 1.54) is 205 Å². The van der Waals surface area contributed by atoms with Crippen LogP contribution in [0.5, 0.6) is 0 Å². The van der Waals surface area contributed by atoms with Gasteiger partial charge in [0, 0.05) is 6.42 Å². The highest BCUT2D eigenvalue weighted by Gasteiger charge is 2.26. The Balaban J connectivity index is 3.56. The van der Waals surface area contributed by atoms with Gasteiger partial charge in [-0.1, -0.05) is 224 Å². The zero-order chi connectivity index (χ0) is 40.8. The number of aliphatic hydroxyl groups excluding tert-OH is 3. The van der Waals surface area contributed by atoms with Crippen molar-refractivity contribution in [3.63, 3.8) is 0 Å². The first-order chi connectivity index (χ1) is 27.6. The van der Waals surface area contributed by atoms with Crippen molar-refractivity contribution in [2.75, 3.05) is 6.61 Å². The number of carbonyl (C=O) groups excluding carboxylic acids is 1. The average molecular weight is 790 g/mol. The number of carbonyl (C=O) groups is 1. The first kappa shape index (κ1) is 54.8. The van der Waals surface area contributed by atoms with Gasteiger partial charge in [-0.15, -0.1) is 0 Å². The second kappa shape index (κ2) is 46.5. The van der Waals surface area contributed by atoms with Crippen LogP contribution in [0.25, 0.3) is 0 Å². The zero-order valence-corrected chi connectivity index (χ0v) is 37.8. The molecule has 0 saturated carbocycles. The maximum Gasteiger partial charge on any atom is 0.220 e. The van der Waals surface area contributed by atoms with E-state index in [-0.39, 0.29) is 12.5 Å². The lowest BCUT2D eigenvalue weighted by molar-refractivity contribution is -0.124. The van der Waals surface area contributed by atoms with Crippen LogP contribution in [0.3, 0.4) is 0 Å². The molecule has 0 aromatic heterocycles. The number of rotatable bonds is 46. The molecule has 0 aromatic carbocycles. The third-order valence-corrected chi connectivity index (χ3v) is 11.8. The van der Waals surface area contributed by atoms with E-state index in [1.807, 2.05) is 0 Å². The van der Waals surface area contributed by atoms with E-state index in [2.05, 4.69) is 43.5 Å². The van der Waals surface area contributed by atoms with E-state index in [4.69, 9.17) is 0 Å². The molecule has 0 aliphatic heterocycles. The van der Waals surface area contributed by atoms with Crippen LogP contribution in [-0.2, 0) is 4.79 Å². The van der Waals surface area contributed by atoms with Crippen LogP contribution in [-0.4, -0.2) is 46.1 Å². The molecule has 0 saturated heterocycles. The first-order valence-corrected chi connectivity index (χ1v) is 25.1. The lowest BCUT2D eigenvalue weighted by Crippen LogP contribution is -2.50. The van der Waals surface area contributed by atoms with Gasteiger partial charge in [0.1, 0.15) is 6.10 Å². The molecule has 4 N–H and O–H groups in total. The number of amides is 1. The third-order valence-electron chi connectivity index (χ3n) is 11.8. The molecule has 0 rings (SSSR count). The third kappa shape index (κ3) is 41.0. The quantitative estimate of drug-likeness (QED) is 0.0365. The summed E-state index contributed by atoms with van der Waals surface area (Å²) in [6.45, 7) is 4.18. The van der Waals surface area contributed by atoms with Gasteiger partial charge in [-0.2, -0.15) is 0 Å². The molecule has 0 heterocycles. The highest BCUT2D eigenvalue weighted by atomic mass is 16.3. The lowest BCUT2D eigenvalue weighted by Gasteiger charge is -2.26. The van der Waals surface area contributed by atoms with Crippen molar-refractivity contribution < 1.29 is 20.1 Å². The van der Waals surface area contributed by atoms with Crippen molar-refractivity contribution >= 4 is 5.91 Å². The first-order valence-electron chi connectivity index (χ1n) is 25.1. The summed E-state index contributed by atoms with van der Waals surface area (Å²) in [7, 11) is 0. The summed E-state index contributed by atoms with van der Waals surface area (Å²) in [6.07, 6.45) is 57.4. The Morgan fingerprint density at radius 1 is 0.429 bits per heavy atom. The Bertz CT molecular complexity index is 829. The number of unbranched alkanes of at least 4 members (excludes halogenated alkanes) is 34. The maximum atomic E-state index is 12.5. The monoisotopic (exact) mass is 790 g/mol. The van der Waals surface area contributed by atoms with Crippen LogP contribution in [0.4, 0.5) is 0 Å². The fourth-order valence-electron chi connectivity index (χ4n) is 7.86. The van der Waals surface area contributed by atoms with Crippen molar-refractivity contribution in [3.05, 3.63) is 24.3 Å². The van der Waals surface area contributed by atoms with Gasteiger partial charge in [-0.3, -0.25) is 4.79 Å². The van der Waals surface area contributed by atoms with Gasteiger partial charge in [0.15, 0.2) is 0 Å². The molecule has 56 heavy (non-hydrogen) atoms. The van der Waals surface area contributed by atoms with Gasteiger partial charge < -0.3 is 20.6 Å². The molecule has 0 radical (unpaired) electrons. The molecular formula is C51H99NO4. The molecular weight excluding hydrogens is 691 g/mol. The van der Waals surface area contributed by atoms with Crippen molar-refractivity contribution in [2.24, 2.45) is 0 Å². The topological polar surface area (TPSA) is 89.8 Å². The van der Waals surface area contributed by atoms with E-state index < -0.39 is 18.2 Å². The Hall–Kier alpha value is -1.17. The fourth-order valence-corrected chi connectivity index (χ4v) is 7.86. The summed E-state index contributed by atoms with van der Waals surface area (Å²) in [4.78, 5) is 12.5. The fraction of sp³-hybridized carbons (Fsp3) is 0.902. The number of allylic oxidation sites excluding steroid dienone is 4. The van der Waals surface area contributed by atoms with E-state index in [9.17, 15) is 20.1 Å². The second-order valence-corrected chi connectivity index (χ2v) is 17.4. The van der Waals surface area contributed by atoms with Crippen molar-refractivity contribution in [3.8, 4) is 0 Å². The lowest BCUT2D eigenvalue weighted by atomic mass is 10.0. The van der Waals surface area contributed by atoms with Crippen LogP contribution in [0.1, 0.15) is 271 Å². The summed E-state index contributed by atoms with van der Waals surface area (Å²) in [5.74, 6) is -0.153. The van der Waals surface area contributed by atoms with Crippen molar-refractivity contribution in [2.45, 2.75) is 289 Å². The predicted octanol–water partition coefficient (Wildman–Crippen LogP) is 14.9. The van der Waals surface area contributed by atoms with E-state index in [0.29, 0.717) is 12.8 Å². The Morgan fingerprint density at radius 2 is 0.714 bits per heavy atom. The Labute approximate surface area is 350 Å². The number of hydrogen-bond acceptors (Lipinski definition) is 4. The van der Waals surface area contributed by atoms with E-state index in [0.717, 1.165) is 38.5 Å². The molecule has 1 amide bonds. The summed E-state index contributed by atoms with van der Waals surface area (Å²) >= 11 is 0. The SMILES string of the molecule is CCCCCCCCCCCC/C=C/CCCC(O)C(O)C(CO)NC(=O)CCCCCCCCCCCCC/C=C\CCCCCCCCCCCCCC. The minimum atomic E-state index is -1.16. The van der Waals surface area contributed by atoms with Crippen LogP contribution in [0, 0.1) is 0 Å². The predicted molar refractivity (Wildman–Crippen MR) is 245 cm³/mol. The van der Waals surface area contributed by atoms with Gasteiger partial charge in [-0.05, 0) is 64.2 Å². The van der Waals surface area contributed by atoms with Gasteiger partial charge in [-0.25, -0.2) is 0 Å². The van der Waals surface area contributed by atoms with Gasteiger partial charge >= 0.3 is 0 Å². The highest BCUT2D eigenvalue weighted by molar-refractivity contribution is 5.76. The summed E-state index contributed by atoms with van der Waals surface area (Å²) < 4.78 is 0. The van der Waals surface area contributed by atoms with Crippen LogP contribution in [0.15, 0.2) is 24.3 Å². The standard InChI is InChI=1S/C51H99NO4/c1-3-5-7-9-11-13-15-17-19-20-21-22-23-24-25-26-27-28-29-30-32-34-36-38-40-42-44-46-50(55)52-48(47-53)51(56)49(54)45-43-41-39-37-35-33-31-18-16-14-12-10-8-6-4-2/h24-25,37,39,48-49,51,53-54,56H,3-23,26-36,38,40-47H2,1-2H3,(H,52,55)/b25-24-,39-37+. The molecule has 5 heteroatoms. The Kier molecular flexibility index (Phi) is 45.5. The van der Waals surface area contributed by atoms with Crippen LogP contribution >= 0.6 is 0 Å². The molecule has 3 unspecified atom stereocenters. The number of hydrogen-bond donors (Lipinski definition) is 4. The molecule has 0 aliphatic carbocycles. The van der Waals surface area contributed by atoms with E-state index in [1.54, 1.807) is 0 Å². The summed E-state index contributed by atoms with van der Waals surface area (Å²) in [6, 6.07) is -0.824. The minimum absolute atomic E-state index is 0.153. The number of aliphatic hydroxyl groups is 3. The van der Waals surface area contributed by atoms with Gasteiger partial charge in [0.25, 0.3) is 0 Å². The number of nitrogens with one attached hydrogen (secondary N) is 1. The van der Waals surface area contributed by atoms with Crippen molar-refractivity contribution in [1.82, 2.24) is 5.32 Å². The normalized spacial score (nSPS) is 13.6. The average Bonchev–Trinajstić information content (AvgIpc) is 3.20. The zero-order valence-electron chi connectivity index (χ0n) is 37.8. The van der Waals surface area contributed by atoms with Gasteiger partial charge in [0.05, 0.1) is 18.8 Å². The Morgan fingerprint density at radius 3 is 1.04 bits per heavy atom. The van der Waals surface area contributed by atoms with Gasteiger partial charge in [0.2, 0.25) is 5.91 Å². The largest absolute Gasteiger partial charge is 0.394 e. The van der Waals surface area contributed by atoms with Crippen molar-refractivity contribution in [1.29, 1.82) is 0 Å². The minimum Gasteiger partial charge on any atom is -0.394 e. The maximum absolute atomic E-state index is 12.5. The molecule has 0 spiro atoms. The van der Waals surface area contributed by atoms with Crippen LogP contribution in [0.2, 0.25) is 0 Å². The summed E-state index contributed by atoms with van der Waals surface area (Å²) in [5.41, 5.74) is 0. The molecule has 332 valence electrons. The van der Waals surface area contributed by atoms with Crippen LogP contribution < -0.4 is 5.32 Å². The molecule has 0 aliphatic rings. The molecule has 5 nitrogen and oxygen atoms in total. The molecule has 0 fully saturated rings. The second-order valence-electron chi connectivity index (χ2n) is 17.4. The molecule has 0 aromatic rings. The van der Waals surface area contributed by atoms with E-state index >= 15 is 0 Å². The highest BCUT2D eigenvalue weighted by Crippen LogP contribution is 2.16. The summed E-state index contributed by atoms with van der Waals surface area (Å²) in [5, 5.41) is 33.6. The molecule has 3 atom stereocenters. The smallest absolute Gasteiger partial charge is 0.220 e. The molecule has 0 bridgehead atoms.